The van der Waals surface area contributed by atoms with Crippen molar-refractivity contribution in [1.82, 2.24) is 0 Å². The van der Waals surface area contributed by atoms with Crippen LogP contribution < -0.4 is 9.47 Å². The van der Waals surface area contributed by atoms with Gasteiger partial charge in [-0.1, -0.05) is 78.6 Å². The fourth-order valence-corrected chi connectivity index (χ4v) is 3.85. The van der Waals surface area contributed by atoms with Crippen LogP contribution in [0.4, 0.5) is 5.69 Å². The number of aromatic nitrogens is 1. The molecule has 1 heterocycles. The number of anilines is 1. The van der Waals surface area contributed by atoms with E-state index in [0.717, 1.165) is 6.54 Å². The van der Waals surface area contributed by atoms with Gasteiger partial charge in [-0.3, -0.25) is 0 Å². The fourth-order valence-electron chi connectivity index (χ4n) is 3.85. The third-order valence-corrected chi connectivity index (χ3v) is 5.66. The van der Waals surface area contributed by atoms with Gasteiger partial charge >= 0.3 is 0 Å². The summed E-state index contributed by atoms with van der Waals surface area (Å²) >= 11 is 0. The average molecular weight is 376 g/mol. The zero-order valence-electron chi connectivity index (χ0n) is 18.9. The Morgan fingerprint density at radius 1 is 0.704 bits per heavy atom. The molecule has 0 radical (unpaired) electrons. The molecule has 0 atom stereocenters. The molecule has 0 aromatic carbocycles. The molecule has 156 valence electrons. The molecule has 0 bridgehead atoms. The van der Waals surface area contributed by atoms with Gasteiger partial charge < -0.3 is 4.90 Å². The van der Waals surface area contributed by atoms with Crippen molar-refractivity contribution in [2.24, 2.45) is 0 Å². The van der Waals surface area contributed by atoms with Crippen LogP contribution in [0, 0.1) is 0 Å². The predicted octanol–water partition coefficient (Wildman–Crippen LogP) is 7.08. The molecular weight excluding hydrogens is 328 g/mol. The quantitative estimate of drug-likeness (QED) is 0.208. The highest BCUT2D eigenvalue weighted by atomic mass is 15.1. The summed E-state index contributed by atoms with van der Waals surface area (Å²) in [5.41, 5.74) is 2.98. The number of pyridine rings is 1. The van der Waals surface area contributed by atoms with Crippen LogP contribution in [0.3, 0.4) is 0 Å². The van der Waals surface area contributed by atoms with E-state index >= 15 is 0 Å². The molecular formula is C25H47N2+. The van der Waals surface area contributed by atoms with Gasteiger partial charge in [0.15, 0.2) is 11.9 Å². The molecule has 1 rings (SSSR count). The van der Waals surface area contributed by atoms with Crippen LogP contribution in [0.25, 0.3) is 0 Å². The number of unbranched alkanes of at least 4 members (excludes halogenated alkanes) is 9. The minimum atomic E-state index is 1.08. The molecule has 0 aliphatic carbocycles. The Morgan fingerprint density at radius 3 is 1.78 bits per heavy atom. The average Bonchev–Trinajstić information content (AvgIpc) is 2.70. The summed E-state index contributed by atoms with van der Waals surface area (Å²) in [7, 11) is 0. The Morgan fingerprint density at radius 2 is 1.26 bits per heavy atom. The van der Waals surface area contributed by atoms with Crippen LogP contribution >= 0.6 is 0 Å². The van der Waals surface area contributed by atoms with Crippen LogP contribution in [0.2, 0.25) is 0 Å². The Labute approximate surface area is 170 Å². The van der Waals surface area contributed by atoms with E-state index < -0.39 is 0 Å². The van der Waals surface area contributed by atoms with Crippen molar-refractivity contribution >= 4 is 5.69 Å². The van der Waals surface area contributed by atoms with E-state index in [1.54, 1.807) is 0 Å². The highest BCUT2D eigenvalue weighted by molar-refractivity contribution is 5.45. The van der Waals surface area contributed by atoms with Gasteiger partial charge in [0.25, 0.3) is 0 Å². The Hall–Kier alpha value is -1.05. The summed E-state index contributed by atoms with van der Waals surface area (Å²) in [6.45, 7) is 12.7. The Balaban J connectivity index is 2.77. The SMILES string of the molecule is CCCCCCc1cc(N(CCCCCC)CCCCCC)cc[n+]1CC. The highest BCUT2D eigenvalue weighted by Gasteiger charge is 2.14. The first-order valence-electron chi connectivity index (χ1n) is 12.0. The van der Waals surface area contributed by atoms with Crippen molar-refractivity contribution in [1.29, 1.82) is 0 Å². The Bertz CT molecular complexity index is 457. The van der Waals surface area contributed by atoms with Gasteiger partial charge in [-0.25, -0.2) is 4.57 Å². The van der Waals surface area contributed by atoms with E-state index in [1.807, 2.05) is 0 Å². The number of hydrogen-bond donors (Lipinski definition) is 0. The van der Waals surface area contributed by atoms with E-state index in [1.165, 1.54) is 108 Å². The van der Waals surface area contributed by atoms with E-state index in [9.17, 15) is 0 Å². The molecule has 27 heavy (non-hydrogen) atoms. The molecule has 0 fully saturated rings. The standard InChI is InChI=1S/C25H47N2/c1-5-9-12-15-18-24-23-25(19-22-26(24)8-4)27(20-16-13-10-6-2)21-17-14-11-7-3/h19,22-23H,5-18,20-21H2,1-4H3/q+1. The zero-order valence-corrected chi connectivity index (χ0v) is 18.9. The lowest BCUT2D eigenvalue weighted by molar-refractivity contribution is -0.700. The number of aryl methyl sites for hydroxylation is 2. The van der Waals surface area contributed by atoms with E-state index in [4.69, 9.17) is 0 Å². The van der Waals surface area contributed by atoms with Gasteiger partial charge in [-0.05, 0) is 26.2 Å². The lowest BCUT2D eigenvalue weighted by Crippen LogP contribution is -2.38. The second-order valence-electron chi connectivity index (χ2n) is 8.08. The molecule has 1 aromatic rings. The first kappa shape index (κ1) is 24.0. The van der Waals surface area contributed by atoms with Gasteiger partial charge in [0, 0.05) is 37.3 Å². The monoisotopic (exact) mass is 375 g/mol. The van der Waals surface area contributed by atoms with E-state index in [-0.39, 0.29) is 0 Å². The summed E-state index contributed by atoms with van der Waals surface area (Å²) in [6, 6.07) is 4.85. The summed E-state index contributed by atoms with van der Waals surface area (Å²) in [4.78, 5) is 2.67. The van der Waals surface area contributed by atoms with Crippen LogP contribution in [-0.2, 0) is 13.0 Å². The molecule has 0 unspecified atom stereocenters. The maximum absolute atomic E-state index is 2.67. The van der Waals surface area contributed by atoms with E-state index in [2.05, 4.69) is 55.5 Å². The smallest absolute Gasteiger partial charge is 0.183 e. The van der Waals surface area contributed by atoms with Crippen molar-refractivity contribution in [2.75, 3.05) is 18.0 Å². The molecule has 0 amide bonds. The molecule has 1 aromatic heterocycles. The van der Waals surface area contributed by atoms with Crippen molar-refractivity contribution in [3.8, 4) is 0 Å². The van der Waals surface area contributed by atoms with Gasteiger partial charge in [0.05, 0.1) is 0 Å². The van der Waals surface area contributed by atoms with Gasteiger partial charge in [-0.15, -0.1) is 0 Å². The summed E-state index contributed by atoms with van der Waals surface area (Å²) in [5, 5.41) is 0. The van der Waals surface area contributed by atoms with Crippen LogP contribution in [0.5, 0.6) is 0 Å². The number of hydrogen-bond acceptors (Lipinski definition) is 1. The van der Waals surface area contributed by atoms with Crippen molar-refractivity contribution in [3.05, 3.63) is 24.0 Å². The third kappa shape index (κ3) is 10.2. The maximum Gasteiger partial charge on any atom is 0.183 e. The third-order valence-electron chi connectivity index (χ3n) is 5.66. The van der Waals surface area contributed by atoms with Crippen molar-refractivity contribution < 1.29 is 4.57 Å². The summed E-state index contributed by atoms with van der Waals surface area (Å²) < 4.78 is 2.45. The van der Waals surface area contributed by atoms with Gasteiger partial charge in [-0.2, -0.15) is 0 Å². The Kier molecular flexibility index (Phi) is 14.2. The first-order valence-corrected chi connectivity index (χ1v) is 12.0. The normalized spacial score (nSPS) is 11.1. The maximum atomic E-state index is 2.67. The summed E-state index contributed by atoms with van der Waals surface area (Å²) in [5.74, 6) is 0. The second kappa shape index (κ2) is 16.0. The number of nitrogens with zero attached hydrogens (tertiary/aromatic N) is 2. The minimum absolute atomic E-state index is 1.08. The molecule has 0 N–H and O–H groups in total. The first-order chi connectivity index (χ1) is 13.3. The van der Waals surface area contributed by atoms with Gasteiger partial charge in [0.1, 0.15) is 6.54 Å². The molecule has 2 nitrogen and oxygen atoms in total. The van der Waals surface area contributed by atoms with Crippen LogP contribution in [0.1, 0.15) is 110 Å². The lowest BCUT2D eigenvalue weighted by Gasteiger charge is -2.25. The predicted molar refractivity (Wildman–Crippen MR) is 121 cm³/mol. The topological polar surface area (TPSA) is 7.12 Å². The fraction of sp³-hybridized carbons (Fsp3) is 0.800. The molecule has 0 aliphatic rings. The second-order valence-corrected chi connectivity index (χ2v) is 8.08. The summed E-state index contributed by atoms with van der Waals surface area (Å²) in [6.07, 6.45) is 19.7. The molecule has 0 saturated heterocycles. The number of rotatable bonds is 17. The van der Waals surface area contributed by atoms with Gasteiger partial charge in [0.2, 0.25) is 0 Å². The molecule has 0 spiro atoms. The molecule has 0 saturated carbocycles. The van der Waals surface area contributed by atoms with Crippen LogP contribution in [0.15, 0.2) is 18.3 Å². The van der Waals surface area contributed by atoms with E-state index in [0.29, 0.717) is 0 Å². The lowest BCUT2D eigenvalue weighted by atomic mass is 10.1. The van der Waals surface area contributed by atoms with Crippen molar-refractivity contribution in [3.63, 3.8) is 0 Å². The molecule has 2 heteroatoms. The van der Waals surface area contributed by atoms with Crippen molar-refractivity contribution in [2.45, 2.75) is 118 Å². The minimum Gasteiger partial charge on any atom is -0.371 e. The van der Waals surface area contributed by atoms with Crippen LogP contribution in [-0.4, -0.2) is 13.1 Å². The highest BCUT2D eigenvalue weighted by Crippen LogP contribution is 2.18. The largest absolute Gasteiger partial charge is 0.371 e. The molecule has 0 aliphatic heterocycles. The zero-order chi connectivity index (χ0) is 19.7.